The van der Waals surface area contributed by atoms with Crippen LogP contribution in [-0.4, -0.2) is 16.1 Å². The van der Waals surface area contributed by atoms with Crippen molar-refractivity contribution in [1.29, 1.82) is 0 Å². The van der Waals surface area contributed by atoms with E-state index in [9.17, 15) is 4.79 Å². The largest absolute Gasteiger partial charge is 0.399 e. The van der Waals surface area contributed by atoms with Crippen molar-refractivity contribution >= 4 is 28.1 Å². The Labute approximate surface area is 109 Å². The van der Waals surface area contributed by atoms with Crippen molar-refractivity contribution in [2.24, 2.45) is 0 Å². The van der Waals surface area contributed by atoms with E-state index >= 15 is 0 Å². The van der Waals surface area contributed by atoms with Crippen molar-refractivity contribution in [3.63, 3.8) is 0 Å². The lowest BCUT2D eigenvalue weighted by molar-refractivity contribution is -0.116. The number of aryl methyl sites for hydroxylation is 2. The number of rotatable bonds is 4. The van der Waals surface area contributed by atoms with E-state index in [4.69, 9.17) is 5.73 Å². The fourth-order valence-electron chi connectivity index (χ4n) is 1.54. The highest BCUT2D eigenvalue weighted by molar-refractivity contribution is 7.15. The van der Waals surface area contributed by atoms with Crippen LogP contribution < -0.4 is 11.1 Å². The number of nitrogens with zero attached hydrogens (tertiary/aromatic N) is 2. The molecule has 6 heteroatoms. The number of nitrogen functional groups attached to an aromatic ring is 1. The lowest BCUT2D eigenvalue weighted by atomic mass is 10.1. The van der Waals surface area contributed by atoms with Gasteiger partial charge >= 0.3 is 0 Å². The molecular weight excluding hydrogens is 248 g/mol. The Kier molecular flexibility index (Phi) is 3.88. The van der Waals surface area contributed by atoms with Gasteiger partial charge in [0.25, 0.3) is 0 Å². The van der Waals surface area contributed by atoms with Gasteiger partial charge in [0, 0.05) is 12.1 Å². The Bertz CT molecular complexity index is 553. The first-order chi connectivity index (χ1) is 8.65. The molecule has 2 aromatic rings. The molecule has 0 saturated heterocycles. The van der Waals surface area contributed by atoms with E-state index in [0.717, 1.165) is 16.3 Å². The molecule has 0 radical (unpaired) electrons. The van der Waals surface area contributed by atoms with Gasteiger partial charge < -0.3 is 11.1 Å². The van der Waals surface area contributed by atoms with Gasteiger partial charge in [0.2, 0.25) is 11.0 Å². The highest BCUT2D eigenvalue weighted by Gasteiger charge is 2.07. The van der Waals surface area contributed by atoms with E-state index in [2.05, 4.69) is 15.5 Å². The first-order valence-electron chi connectivity index (χ1n) is 5.58. The SMILES string of the molecule is Cc1nnc(NC(=O)CCc2ccccc2N)s1. The summed E-state index contributed by atoms with van der Waals surface area (Å²) in [6, 6.07) is 7.56. The summed E-state index contributed by atoms with van der Waals surface area (Å²) < 4.78 is 0. The second-order valence-corrected chi connectivity index (χ2v) is 5.05. The van der Waals surface area contributed by atoms with Crippen molar-refractivity contribution in [3.05, 3.63) is 34.8 Å². The summed E-state index contributed by atoms with van der Waals surface area (Å²) in [5.74, 6) is -0.0746. The molecule has 0 fully saturated rings. The topological polar surface area (TPSA) is 80.9 Å². The monoisotopic (exact) mass is 262 g/mol. The van der Waals surface area contributed by atoms with Crippen LogP contribution in [0.5, 0.6) is 0 Å². The maximum Gasteiger partial charge on any atom is 0.226 e. The minimum Gasteiger partial charge on any atom is -0.399 e. The van der Waals surface area contributed by atoms with Gasteiger partial charge in [-0.05, 0) is 25.0 Å². The zero-order chi connectivity index (χ0) is 13.0. The molecule has 0 aliphatic rings. The average molecular weight is 262 g/mol. The normalized spacial score (nSPS) is 10.3. The van der Waals surface area contributed by atoms with E-state index in [1.54, 1.807) is 0 Å². The Balaban J connectivity index is 1.87. The van der Waals surface area contributed by atoms with Gasteiger partial charge in [-0.1, -0.05) is 29.5 Å². The number of nitrogens with two attached hydrogens (primary N) is 1. The van der Waals surface area contributed by atoms with Crippen molar-refractivity contribution < 1.29 is 4.79 Å². The van der Waals surface area contributed by atoms with Crippen LogP contribution in [0.2, 0.25) is 0 Å². The van der Waals surface area contributed by atoms with Crippen LogP contribution in [0.3, 0.4) is 0 Å². The molecule has 18 heavy (non-hydrogen) atoms. The summed E-state index contributed by atoms with van der Waals surface area (Å²) in [6.07, 6.45) is 1.00. The number of carbonyl (C=O) groups is 1. The lowest BCUT2D eigenvalue weighted by Crippen LogP contribution is -2.12. The number of benzene rings is 1. The first-order valence-corrected chi connectivity index (χ1v) is 6.40. The van der Waals surface area contributed by atoms with Crippen molar-refractivity contribution in [2.75, 3.05) is 11.1 Å². The van der Waals surface area contributed by atoms with Crippen LogP contribution in [-0.2, 0) is 11.2 Å². The van der Waals surface area contributed by atoms with Gasteiger partial charge in [0.05, 0.1) is 0 Å². The van der Waals surface area contributed by atoms with Crippen molar-refractivity contribution in [3.8, 4) is 0 Å². The quantitative estimate of drug-likeness (QED) is 0.826. The number of aromatic nitrogens is 2. The number of anilines is 2. The van der Waals surface area contributed by atoms with Crippen LogP contribution in [0, 0.1) is 6.92 Å². The summed E-state index contributed by atoms with van der Waals surface area (Å²) in [6.45, 7) is 1.85. The summed E-state index contributed by atoms with van der Waals surface area (Å²) in [7, 11) is 0. The standard InChI is InChI=1S/C12H14N4OS/c1-8-15-16-12(18-8)14-11(17)7-6-9-4-2-3-5-10(9)13/h2-5H,6-7,13H2,1H3,(H,14,16,17). The van der Waals surface area contributed by atoms with E-state index in [1.807, 2.05) is 31.2 Å². The number of nitrogens with one attached hydrogen (secondary N) is 1. The van der Waals surface area contributed by atoms with Crippen LogP contribution >= 0.6 is 11.3 Å². The zero-order valence-electron chi connectivity index (χ0n) is 10.0. The third-order valence-electron chi connectivity index (χ3n) is 2.45. The van der Waals surface area contributed by atoms with Crippen molar-refractivity contribution in [2.45, 2.75) is 19.8 Å². The van der Waals surface area contributed by atoms with E-state index in [1.165, 1.54) is 11.3 Å². The summed E-state index contributed by atoms with van der Waals surface area (Å²) in [4.78, 5) is 11.7. The number of para-hydroxylation sites is 1. The molecule has 1 amide bonds. The highest BCUT2D eigenvalue weighted by atomic mass is 32.1. The Morgan fingerprint density at radius 1 is 1.39 bits per heavy atom. The minimum absolute atomic E-state index is 0.0746. The first kappa shape index (κ1) is 12.5. The van der Waals surface area contributed by atoms with E-state index < -0.39 is 0 Å². The summed E-state index contributed by atoms with van der Waals surface area (Å²) in [5.41, 5.74) is 7.52. The summed E-state index contributed by atoms with van der Waals surface area (Å²) in [5, 5.41) is 11.8. The summed E-state index contributed by atoms with van der Waals surface area (Å²) >= 11 is 1.36. The van der Waals surface area contributed by atoms with Gasteiger partial charge in [0.15, 0.2) is 0 Å². The van der Waals surface area contributed by atoms with Crippen LogP contribution in [0.15, 0.2) is 24.3 Å². The highest BCUT2D eigenvalue weighted by Crippen LogP contribution is 2.15. The maximum absolute atomic E-state index is 11.7. The van der Waals surface area contributed by atoms with Crippen molar-refractivity contribution in [1.82, 2.24) is 10.2 Å². The minimum atomic E-state index is -0.0746. The number of amides is 1. The van der Waals surface area contributed by atoms with Crippen LogP contribution in [0.1, 0.15) is 17.0 Å². The predicted molar refractivity (Wildman–Crippen MR) is 72.5 cm³/mol. The van der Waals surface area contributed by atoms with Gasteiger partial charge in [-0.3, -0.25) is 4.79 Å². The van der Waals surface area contributed by atoms with E-state index in [0.29, 0.717) is 18.0 Å². The molecule has 3 N–H and O–H groups in total. The zero-order valence-corrected chi connectivity index (χ0v) is 10.8. The average Bonchev–Trinajstić information content (AvgIpc) is 2.74. The number of hydrogen-bond donors (Lipinski definition) is 2. The molecule has 94 valence electrons. The molecule has 5 nitrogen and oxygen atoms in total. The predicted octanol–water partition coefficient (Wildman–Crippen LogP) is 2.00. The van der Waals surface area contributed by atoms with E-state index in [-0.39, 0.29) is 5.91 Å². The Morgan fingerprint density at radius 2 is 2.17 bits per heavy atom. The molecule has 1 aromatic carbocycles. The smallest absolute Gasteiger partial charge is 0.226 e. The molecule has 0 saturated carbocycles. The fraction of sp³-hybridized carbons (Fsp3) is 0.250. The number of carbonyl (C=O) groups excluding carboxylic acids is 1. The molecule has 0 aliphatic heterocycles. The molecule has 0 bridgehead atoms. The van der Waals surface area contributed by atoms with Gasteiger partial charge in [-0.15, -0.1) is 10.2 Å². The molecule has 0 unspecified atom stereocenters. The number of hydrogen-bond acceptors (Lipinski definition) is 5. The van der Waals surface area contributed by atoms with Gasteiger partial charge in [-0.2, -0.15) is 0 Å². The second-order valence-electron chi connectivity index (χ2n) is 3.87. The second kappa shape index (κ2) is 5.59. The molecule has 1 aromatic heterocycles. The Hall–Kier alpha value is -1.95. The Morgan fingerprint density at radius 3 is 2.83 bits per heavy atom. The fourth-order valence-corrected chi connectivity index (χ4v) is 2.15. The molecule has 2 rings (SSSR count). The van der Waals surface area contributed by atoms with Crippen LogP contribution in [0.4, 0.5) is 10.8 Å². The molecule has 0 atom stereocenters. The molecule has 0 spiro atoms. The van der Waals surface area contributed by atoms with Gasteiger partial charge in [0.1, 0.15) is 5.01 Å². The van der Waals surface area contributed by atoms with Gasteiger partial charge in [-0.25, -0.2) is 0 Å². The molecular formula is C12H14N4OS. The maximum atomic E-state index is 11.7. The van der Waals surface area contributed by atoms with Crippen LogP contribution in [0.25, 0.3) is 0 Å². The lowest BCUT2D eigenvalue weighted by Gasteiger charge is -2.04. The molecule has 0 aliphatic carbocycles. The molecule has 1 heterocycles. The third-order valence-corrected chi connectivity index (χ3v) is 3.20. The third kappa shape index (κ3) is 3.27.